The Hall–Kier alpha value is 2.54. The summed E-state index contributed by atoms with van der Waals surface area (Å²) < 4.78 is 1.72. The van der Waals surface area contributed by atoms with Gasteiger partial charge in [0.1, 0.15) is 0 Å². The summed E-state index contributed by atoms with van der Waals surface area (Å²) in [5.41, 5.74) is 1.65. The molecule has 0 unspecified atom stereocenters. The van der Waals surface area contributed by atoms with Gasteiger partial charge in [-0.05, 0) is 0 Å². The van der Waals surface area contributed by atoms with Crippen molar-refractivity contribution in [2.45, 2.75) is 32.6 Å². The molecule has 0 aliphatic heterocycles. The molecule has 0 N–H and O–H groups in total. The zero-order valence-electron chi connectivity index (χ0n) is 7.62. The van der Waals surface area contributed by atoms with Gasteiger partial charge < -0.3 is 0 Å². The molecule has 1 aliphatic carbocycles. The molecule has 0 aromatic carbocycles. The SMILES string of the molecule is CCCCC1=[C]([Hf])CC=C1.I[I-]I. The average molecular weight is 680 g/mol. The van der Waals surface area contributed by atoms with Crippen molar-refractivity contribution in [2.75, 3.05) is 0 Å². The van der Waals surface area contributed by atoms with Crippen LogP contribution >= 0.6 is 37.2 Å². The van der Waals surface area contributed by atoms with Crippen molar-refractivity contribution in [1.82, 2.24) is 0 Å². The van der Waals surface area contributed by atoms with Crippen molar-refractivity contribution in [1.29, 1.82) is 0 Å². The molecule has 0 saturated carbocycles. The van der Waals surface area contributed by atoms with Gasteiger partial charge in [-0.15, -0.1) is 0 Å². The van der Waals surface area contributed by atoms with Gasteiger partial charge in [0.2, 0.25) is 0 Å². The second-order valence-electron chi connectivity index (χ2n) is 2.77. The number of halogens is 3. The summed E-state index contributed by atoms with van der Waals surface area (Å²) in [4.78, 5) is 0. The second kappa shape index (κ2) is 11.0. The summed E-state index contributed by atoms with van der Waals surface area (Å²) in [7, 11) is 0. The Labute approximate surface area is 126 Å². The van der Waals surface area contributed by atoms with E-state index in [9.17, 15) is 0 Å². The van der Waals surface area contributed by atoms with Crippen molar-refractivity contribution >= 4 is 37.2 Å². The summed E-state index contributed by atoms with van der Waals surface area (Å²) in [6.45, 7) is 2.26. The van der Waals surface area contributed by atoms with Crippen LogP contribution in [0.2, 0.25) is 0 Å². The molecule has 4 heteroatoms. The van der Waals surface area contributed by atoms with Crippen LogP contribution in [0.25, 0.3) is 0 Å². The Bertz CT molecular complexity index is 187. The van der Waals surface area contributed by atoms with Crippen LogP contribution in [0.15, 0.2) is 21.1 Å². The number of allylic oxidation sites excluding steroid dienone is 4. The first-order valence-electron chi connectivity index (χ1n) is 4.23. The van der Waals surface area contributed by atoms with E-state index in [-0.39, 0.29) is 0 Å². The van der Waals surface area contributed by atoms with Crippen LogP contribution in [0.5, 0.6) is 0 Å². The van der Waals surface area contributed by atoms with E-state index in [2.05, 4.69) is 56.3 Å². The molecule has 0 radical (unpaired) electrons. The van der Waals surface area contributed by atoms with Crippen molar-refractivity contribution in [2.24, 2.45) is 0 Å². The molecular weight excluding hydrogens is 667 g/mol. The third-order valence-electron chi connectivity index (χ3n) is 1.83. The van der Waals surface area contributed by atoms with E-state index < -0.39 is 0 Å². The van der Waals surface area contributed by atoms with Crippen molar-refractivity contribution in [3.63, 3.8) is 0 Å². The maximum absolute atomic E-state index is 2.39. The predicted molar refractivity (Wildman–Crippen MR) is 68.3 cm³/mol. The molecule has 0 amide bonds. The quantitative estimate of drug-likeness (QED) is 0.315. The molecule has 0 aromatic heterocycles. The van der Waals surface area contributed by atoms with Gasteiger partial charge in [0.05, 0.1) is 0 Å². The van der Waals surface area contributed by atoms with Crippen molar-refractivity contribution in [3.8, 4) is 0 Å². The van der Waals surface area contributed by atoms with Crippen LogP contribution in [-0.4, -0.2) is 0 Å². The molecule has 0 nitrogen and oxygen atoms in total. The van der Waals surface area contributed by atoms with E-state index in [0.717, 1.165) is 0 Å². The Morgan fingerprint density at radius 2 is 2.15 bits per heavy atom. The fourth-order valence-electron chi connectivity index (χ4n) is 1.15. The van der Waals surface area contributed by atoms with Crippen LogP contribution in [0, 0.1) is 0 Å². The predicted octanol–water partition coefficient (Wildman–Crippen LogP) is 1.71. The van der Waals surface area contributed by atoms with Gasteiger partial charge in [-0.1, -0.05) is 0 Å². The summed E-state index contributed by atoms with van der Waals surface area (Å²) in [5, 5.41) is 0. The van der Waals surface area contributed by atoms with Crippen LogP contribution in [-0.2, 0) is 24.4 Å². The van der Waals surface area contributed by atoms with E-state index in [1.54, 1.807) is 8.90 Å². The van der Waals surface area contributed by atoms with Gasteiger partial charge in [-0.25, -0.2) is 0 Å². The number of hydrogen-bond donors (Lipinski definition) is 0. The molecule has 0 heterocycles. The van der Waals surface area contributed by atoms with E-state index in [1.807, 2.05) is 0 Å². The van der Waals surface area contributed by atoms with Gasteiger partial charge in [-0.3, -0.25) is 0 Å². The van der Waals surface area contributed by atoms with Crippen molar-refractivity contribution < 1.29 is 37.6 Å². The minimum absolute atomic E-state index is 0.530. The molecule has 0 bridgehead atoms. The summed E-state index contributed by atoms with van der Waals surface area (Å²) in [6.07, 6.45) is 9.89. The molecule has 0 aromatic rings. The molecule has 0 spiro atoms. The van der Waals surface area contributed by atoms with E-state index in [4.69, 9.17) is 0 Å². The maximum atomic E-state index is 2.39. The molecule has 1 rings (SSSR count). The zero-order chi connectivity index (χ0) is 10.1. The fourth-order valence-corrected chi connectivity index (χ4v) is 2.32. The molecule has 0 saturated heterocycles. The number of hydrogen-bond acceptors (Lipinski definition) is 0. The Morgan fingerprint density at radius 3 is 2.54 bits per heavy atom. The second-order valence-corrected chi connectivity index (χ2v) is 21.2. The van der Waals surface area contributed by atoms with Crippen LogP contribution in [0.1, 0.15) is 32.6 Å². The first kappa shape index (κ1) is 15.5. The minimum atomic E-state index is 0.530. The van der Waals surface area contributed by atoms with Crippen LogP contribution < -0.4 is 13.3 Å². The normalized spacial score (nSPS) is 14.6. The third-order valence-corrected chi connectivity index (χ3v) is 3.72. The monoisotopic (exact) mass is 682 g/mol. The van der Waals surface area contributed by atoms with Crippen LogP contribution in [0.4, 0.5) is 0 Å². The summed E-state index contributed by atoms with van der Waals surface area (Å²) in [6, 6.07) is 0. The third kappa shape index (κ3) is 8.36. The number of unbranched alkanes of at least 4 members (excludes halogenated alkanes) is 1. The standard InChI is InChI=1S/C9H13.Hf.I3/c1-2-3-6-9-7-4-5-8-9;;1-3-2/h4,7H,2-3,5-6H2,1H3;;/q;;-1. The summed E-state index contributed by atoms with van der Waals surface area (Å²) in [5.74, 6) is 0. The first-order chi connectivity index (χ1) is 6.26. The Kier molecular flexibility index (Phi) is 13.2. The van der Waals surface area contributed by atoms with Gasteiger partial charge in [-0.2, -0.15) is 0 Å². The Morgan fingerprint density at radius 1 is 1.54 bits per heavy atom. The molecule has 13 heavy (non-hydrogen) atoms. The van der Waals surface area contributed by atoms with E-state index >= 15 is 0 Å². The fraction of sp³-hybridized carbons (Fsp3) is 0.556. The van der Waals surface area contributed by atoms with Crippen molar-refractivity contribution in [3.05, 3.63) is 21.1 Å². The van der Waals surface area contributed by atoms with Gasteiger partial charge in [0.25, 0.3) is 0 Å². The first-order valence-corrected chi connectivity index (χ1v) is 18.6. The van der Waals surface area contributed by atoms with Crippen LogP contribution in [0.3, 0.4) is 0 Å². The molecule has 75 valence electrons. The van der Waals surface area contributed by atoms with Gasteiger partial charge >= 0.3 is 129 Å². The van der Waals surface area contributed by atoms with Gasteiger partial charge in [0, 0.05) is 0 Å². The Balaban J connectivity index is 0.000000424. The molecule has 1 aliphatic rings. The zero-order valence-corrected chi connectivity index (χ0v) is 17.7. The van der Waals surface area contributed by atoms with Gasteiger partial charge in [0.15, 0.2) is 0 Å². The summed E-state index contributed by atoms with van der Waals surface area (Å²) >= 11 is 6.57. The topological polar surface area (TPSA) is 0 Å². The number of rotatable bonds is 3. The molecular formula is C9H13HfI3-. The molecule has 0 fully saturated rings. The molecule has 0 atom stereocenters. The van der Waals surface area contributed by atoms with E-state index in [1.165, 1.54) is 50.1 Å². The van der Waals surface area contributed by atoms with E-state index in [0.29, 0.717) is 13.3 Å². The average Bonchev–Trinajstić information content (AvgIpc) is 2.49.